The zero-order chi connectivity index (χ0) is 14.1. The van der Waals surface area contributed by atoms with Gasteiger partial charge in [0.2, 0.25) is 0 Å². The molecule has 1 aliphatic carbocycles. The van der Waals surface area contributed by atoms with E-state index in [1.165, 1.54) is 19.3 Å². The summed E-state index contributed by atoms with van der Waals surface area (Å²) >= 11 is 0. The smallest absolute Gasteiger partial charge is 0.128 e. The molecule has 2 aromatic rings. The summed E-state index contributed by atoms with van der Waals surface area (Å²) in [5.41, 5.74) is 0.995. The van der Waals surface area contributed by atoms with Gasteiger partial charge in [0.05, 0.1) is 0 Å². The van der Waals surface area contributed by atoms with Crippen molar-refractivity contribution in [2.45, 2.75) is 45.2 Å². The summed E-state index contributed by atoms with van der Waals surface area (Å²) in [7, 11) is 0. The molecule has 1 fully saturated rings. The van der Waals surface area contributed by atoms with Gasteiger partial charge in [0, 0.05) is 23.0 Å². The van der Waals surface area contributed by atoms with E-state index in [9.17, 15) is 5.11 Å². The van der Waals surface area contributed by atoms with Crippen molar-refractivity contribution in [3.05, 3.63) is 42.0 Å². The molecule has 2 aromatic carbocycles. The van der Waals surface area contributed by atoms with Crippen LogP contribution in [0.25, 0.3) is 10.8 Å². The highest BCUT2D eigenvalue weighted by Gasteiger charge is 2.25. The number of nitrogens with one attached hydrogen (secondary N) is 1. The number of phenolic OH excluding ortho intramolecular Hbond substituents is 1. The number of fused-ring (bicyclic) bond motifs is 1. The lowest BCUT2D eigenvalue weighted by Crippen LogP contribution is -2.38. The van der Waals surface area contributed by atoms with Crippen molar-refractivity contribution in [2.75, 3.05) is 0 Å². The lowest BCUT2D eigenvalue weighted by Gasteiger charge is -2.34. The van der Waals surface area contributed by atoms with Gasteiger partial charge in [-0.2, -0.15) is 0 Å². The molecule has 20 heavy (non-hydrogen) atoms. The molecular formula is C18H23NO. The van der Waals surface area contributed by atoms with Crippen LogP contribution in [0.3, 0.4) is 0 Å². The monoisotopic (exact) mass is 269 g/mol. The predicted molar refractivity (Wildman–Crippen MR) is 84.0 cm³/mol. The fourth-order valence-electron chi connectivity index (χ4n) is 3.18. The van der Waals surface area contributed by atoms with Gasteiger partial charge in [0.25, 0.3) is 0 Å². The molecule has 0 aliphatic heterocycles. The van der Waals surface area contributed by atoms with Crippen LogP contribution in [-0.4, -0.2) is 11.1 Å². The molecule has 0 spiro atoms. The van der Waals surface area contributed by atoms with Crippen LogP contribution in [0, 0.1) is 5.92 Å². The number of benzene rings is 2. The van der Waals surface area contributed by atoms with Gasteiger partial charge < -0.3 is 10.4 Å². The van der Waals surface area contributed by atoms with Crippen LogP contribution >= 0.6 is 0 Å². The Bertz CT molecular complexity index is 603. The number of aromatic hydroxyl groups is 1. The van der Waals surface area contributed by atoms with Crippen molar-refractivity contribution < 1.29 is 5.11 Å². The summed E-state index contributed by atoms with van der Waals surface area (Å²) in [5.74, 6) is 1.23. The van der Waals surface area contributed by atoms with Crippen LogP contribution in [0.5, 0.6) is 5.75 Å². The topological polar surface area (TPSA) is 32.3 Å². The lowest BCUT2D eigenvalue weighted by molar-refractivity contribution is 0.229. The Kier molecular flexibility index (Phi) is 3.66. The van der Waals surface area contributed by atoms with Gasteiger partial charge in [0.15, 0.2) is 0 Å². The average molecular weight is 269 g/mol. The SMILES string of the molecule is CC(NC(C)C1CCC1)c1ccc2ccccc2c1O. The maximum atomic E-state index is 10.5. The van der Waals surface area contributed by atoms with E-state index in [0.29, 0.717) is 11.8 Å². The Morgan fingerprint density at radius 1 is 1.10 bits per heavy atom. The molecule has 0 saturated heterocycles. The molecule has 0 amide bonds. The van der Waals surface area contributed by atoms with Crippen molar-refractivity contribution >= 4 is 10.8 Å². The fraction of sp³-hybridized carbons (Fsp3) is 0.444. The molecule has 1 saturated carbocycles. The molecule has 2 N–H and O–H groups in total. The van der Waals surface area contributed by atoms with E-state index in [4.69, 9.17) is 0 Å². The molecule has 3 rings (SSSR count). The molecule has 2 atom stereocenters. The fourth-order valence-corrected chi connectivity index (χ4v) is 3.18. The molecule has 0 radical (unpaired) electrons. The molecule has 2 heteroatoms. The first-order valence-electron chi connectivity index (χ1n) is 7.63. The second-order valence-corrected chi connectivity index (χ2v) is 6.09. The normalized spacial score (nSPS) is 18.7. The van der Waals surface area contributed by atoms with Crippen LogP contribution in [0.4, 0.5) is 0 Å². The lowest BCUT2D eigenvalue weighted by atomic mass is 9.80. The van der Waals surface area contributed by atoms with E-state index in [0.717, 1.165) is 22.3 Å². The van der Waals surface area contributed by atoms with Crippen LogP contribution in [0.1, 0.15) is 44.7 Å². The van der Waals surface area contributed by atoms with Gasteiger partial charge in [-0.1, -0.05) is 42.8 Å². The van der Waals surface area contributed by atoms with E-state index in [-0.39, 0.29) is 6.04 Å². The van der Waals surface area contributed by atoms with E-state index < -0.39 is 0 Å². The third kappa shape index (κ3) is 2.40. The number of rotatable bonds is 4. The minimum atomic E-state index is 0.176. The molecule has 1 aliphatic rings. The van der Waals surface area contributed by atoms with Gasteiger partial charge in [0.1, 0.15) is 5.75 Å². The Hall–Kier alpha value is -1.54. The molecular weight excluding hydrogens is 246 g/mol. The highest BCUT2D eigenvalue weighted by atomic mass is 16.3. The Balaban J connectivity index is 1.83. The maximum Gasteiger partial charge on any atom is 0.128 e. The van der Waals surface area contributed by atoms with Crippen molar-refractivity contribution in [3.63, 3.8) is 0 Å². The maximum absolute atomic E-state index is 10.5. The van der Waals surface area contributed by atoms with Gasteiger partial charge in [-0.25, -0.2) is 0 Å². The van der Waals surface area contributed by atoms with Crippen LogP contribution in [0.15, 0.2) is 36.4 Å². The number of hydrogen-bond donors (Lipinski definition) is 2. The Morgan fingerprint density at radius 2 is 1.85 bits per heavy atom. The van der Waals surface area contributed by atoms with Gasteiger partial charge in [-0.3, -0.25) is 0 Å². The van der Waals surface area contributed by atoms with E-state index in [1.54, 1.807) is 0 Å². The summed E-state index contributed by atoms with van der Waals surface area (Å²) in [4.78, 5) is 0. The summed E-state index contributed by atoms with van der Waals surface area (Å²) in [6, 6.07) is 12.8. The second kappa shape index (κ2) is 5.45. The average Bonchev–Trinajstić information content (AvgIpc) is 2.37. The standard InChI is InChI=1S/C18H23NO/c1-12(14-7-5-8-14)19-13(2)16-11-10-15-6-3-4-9-17(15)18(16)20/h3-4,6,9-14,19-20H,5,7-8H2,1-2H3. The minimum Gasteiger partial charge on any atom is -0.507 e. The van der Waals surface area contributed by atoms with Crippen molar-refractivity contribution in [3.8, 4) is 5.75 Å². The summed E-state index contributed by atoms with van der Waals surface area (Å²) in [6.07, 6.45) is 4.04. The molecule has 2 unspecified atom stereocenters. The minimum absolute atomic E-state index is 0.176. The first-order valence-corrected chi connectivity index (χ1v) is 7.63. The molecule has 0 bridgehead atoms. The van der Waals surface area contributed by atoms with E-state index >= 15 is 0 Å². The molecule has 106 valence electrons. The second-order valence-electron chi connectivity index (χ2n) is 6.09. The van der Waals surface area contributed by atoms with Crippen molar-refractivity contribution in [1.82, 2.24) is 5.32 Å². The Labute approximate surface area is 120 Å². The van der Waals surface area contributed by atoms with Crippen LogP contribution < -0.4 is 5.32 Å². The van der Waals surface area contributed by atoms with Gasteiger partial charge >= 0.3 is 0 Å². The van der Waals surface area contributed by atoms with Crippen molar-refractivity contribution in [2.24, 2.45) is 5.92 Å². The van der Waals surface area contributed by atoms with Gasteiger partial charge in [-0.15, -0.1) is 0 Å². The summed E-state index contributed by atoms with van der Waals surface area (Å²) in [6.45, 7) is 4.40. The van der Waals surface area contributed by atoms with E-state index in [2.05, 4.69) is 25.2 Å². The quantitative estimate of drug-likeness (QED) is 0.863. The van der Waals surface area contributed by atoms with E-state index in [1.807, 2.05) is 30.3 Å². The first-order chi connectivity index (χ1) is 9.66. The van der Waals surface area contributed by atoms with Crippen LogP contribution in [-0.2, 0) is 0 Å². The Morgan fingerprint density at radius 3 is 2.55 bits per heavy atom. The van der Waals surface area contributed by atoms with Crippen LogP contribution in [0.2, 0.25) is 0 Å². The number of hydrogen-bond acceptors (Lipinski definition) is 2. The largest absolute Gasteiger partial charge is 0.507 e. The highest BCUT2D eigenvalue weighted by molar-refractivity contribution is 5.89. The summed E-state index contributed by atoms with van der Waals surface area (Å²) in [5, 5.41) is 16.2. The molecule has 0 heterocycles. The summed E-state index contributed by atoms with van der Waals surface area (Å²) < 4.78 is 0. The zero-order valence-electron chi connectivity index (χ0n) is 12.3. The zero-order valence-corrected chi connectivity index (χ0v) is 12.3. The third-order valence-electron chi connectivity index (χ3n) is 4.77. The third-order valence-corrected chi connectivity index (χ3v) is 4.77. The predicted octanol–water partition coefficient (Wildman–Crippen LogP) is 4.38. The molecule has 2 nitrogen and oxygen atoms in total. The first kappa shape index (κ1) is 13.4. The highest BCUT2D eigenvalue weighted by Crippen LogP contribution is 2.34. The molecule has 0 aromatic heterocycles. The number of phenols is 1. The van der Waals surface area contributed by atoms with Crippen molar-refractivity contribution in [1.29, 1.82) is 0 Å². The van der Waals surface area contributed by atoms with Gasteiger partial charge in [-0.05, 0) is 38.0 Å².